The van der Waals surface area contributed by atoms with E-state index in [0.717, 1.165) is 22.3 Å². The van der Waals surface area contributed by atoms with E-state index in [1.54, 1.807) is 57.1 Å². The molecule has 0 amide bonds. The molecule has 3 aromatic carbocycles. The molecule has 0 spiro atoms. The van der Waals surface area contributed by atoms with Gasteiger partial charge in [0, 0.05) is 61.4 Å². The van der Waals surface area contributed by atoms with Crippen molar-refractivity contribution in [3.63, 3.8) is 0 Å². The van der Waals surface area contributed by atoms with Gasteiger partial charge in [0.25, 0.3) is 5.69 Å². The molecule has 12 nitrogen and oxygen atoms in total. The Morgan fingerprint density at radius 2 is 1.26 bits per heavy atom. The fourth-order valence-corrected chi connectivity index (χ4v) is 6.11. The highest BCUT2D eigenvalue weighted by Crippen LogP contribution is 2.40. The number of hydrogen-bond donors (Lipinski definition) is 1. The Balaban J connectivity index is 1.14. The Hall–Kier alpha value is -6.82. The molecule has 0 saturated heterocycles. The predicted octanol–water partition coefficient (Wildman–Crippen LogP) is 6.83. The number of hydrogen-bond acceptors (Lipinski definition) is 9. The van der Waals surface area contributed by atoms with Crippen LogP contribution in [0.1, 0.15) is 47.6 Å². The molecule has 0 bridgehead atoms. The van der Waals surface area contributed by atoms with Gasteiger partial charge in [0.2, 0.25) is 0 Å². The van der Waals surface area contributed by atoms with Crippen molar-refractivity contribution in [3.05, 3.63) is 183 Å². The number of esters is 2. The molecule has 1 aliphatic rings. The Morgan fingerprint density at radius 3 is 1.70 bits per heavy atom. The van der Waals surface area contributed by atoms with Crippen LogP contribution in [0.25, 0.3) is 12.2 Å². The number of dihydropyridines is 1. The molecular weight excluding hydrogens is 672 g/mol. The Labute approximate surface area is 306 Å². The van der Waals surface area contributed by atoms with Crippen LogP contribution in [0.3, 0.4) is 0 Å². The Bertz CT molecular complexity index is 2050. The number of aromatic nitrogens is 4. The summed E-state index contributed by atoms with van der Waals surface area (Å²) in [5, 5.41) is 14.8. The fraction of sp³-hybridized carbons (Fsp3) is 0.171. The largest absolute Gasteiger partial charge is 0.458 e. The summed E-state index contributed by atoms with van der Waals surface area (Å²) in [6, 6.07) is 21.9. The number of nitro groups is 1. The smallest absolute Gasteiger partial charge is 0.337 e. The van der Waals surface area contributed by atoms with E-state index in [2.05, 4.69) is 15.3 Å². The number of nitrogens with zero attached hydrogens (tertiary/aromatic N) is 5. The van der Waals surface area contributed by atoms with Gasteiger partial charge in [-0.15, -0.1) is 0 Å². The van der Waals surface area contributed by atoms with Gasteiger partial charge in [0.05, 0.1) is 34.6 Å². The van der Waals surface area contributed by atoms with Gasteiger partial charge in [0.15, 0.2) is 0 Å². The van der Waals surface area contributed by atoms with Crippen molar-refractivity contribution in [2.24, 2.45) is 0 Å². The monoisotopic (exact) mass is 710 g/mol. The number of allylic oxidation sites excluding steroid dienone is 2. The summed E-state index contributed by atoms with van der Waals surface area (Å²) in [4.78, 5) is 46.8. The van der Waals surface area contributed by atoms with Gasteiger partial charge >= 0.3 is 11.9 Å². The van der Waals surface area contributed by atoms with Crippen molar-refractivity contribution >= 4 is 29.8 Å². The summed E-state index contributed by atoms with van der Waals surface area (Å²) < 4.78 is 15.3. The second-order valence-electron chi connectivity index (χ2n) is 12.4. The van der Waals surface area contributed by atoms with E-state index in [1.807, 2.05) is 82.2 Å². The van der Waals surface area contributed by atoms with E-state index in [4.69, 9.17) is 9.47 Å². The van der Waals surface area contributed by atoms with E-state index >= 15 is 0 Å². The lowest BCUT2D eigenvalue weighted by Gasteiger charge is -2.30. The van der Waals surface area contributed by atoms with Crippen LogP contribution in [0, 0.1) is 10.1 Å². The standard InChI is InChI=1S/C41H38N6O6/c1-29-37(40(48)52-22-4-6-31-10-14-33(15-11-31)25-45-20-18-42-27-45)39(35-8-3-9-36(24-35)47(50)51)38(30(2)44-29)41(49)53-23-5-7-32-12-16-34(17-13-32)26-46-21-19-43-28-46/h3-21,24,27-28,39,44H,22-23,25-26H2,1-2H3. The molecule has 0 aliphatic carbocycles. The van der Waals surface area contributed by atoms with Gasteiger partial charge in [-0.25, -0.2) is 19.6 Å². The number of carbonyl (C=O) groups excluding carboxylic acids is 2. The zero-order valence-corrected chi connectivity index (χ0v) is 29.3. The second kappa shape index (κ2) is 16.9. The highest BCUT2D eigenvalue weighted by atomic mass is 16.6. The summed E-state index contributed by atoms with van der Waals surface area (Å²) >= 11 is 0. The van der Waals surface area contributed by atoms with Crippen molar-refractivity contribution in [3.8, 4) is 0 Å². The molecule has 268 valence electrons. The van der Waals surface area contributed by atoms with Gasteiger partial charge in [-0.05, 0) is 53.8 Å². The number of nitrogens with one attached hydrogen (secondary N) is 1. The molecule has 3 heterocycles. The van der Waals surface area contributed by atoms with Crippen molar-refractivity contribution in [1.82, 2.24) is 24.4 Å². The highest BCUT2D eigenvalue weighted by molar-refractivity contribution is 6.00. The number of rotatable bonds is 14. The molecule has 2 aromatic heterocycles. The lowest BCUT2D eigenvalue weighted by atomic mass is 9.80. The number of non-ortho nitro benzene ring substituents is 1. The van der Waals surface area contributed by atoms with Gasteiger partial charge in [-0.3, -0.25) is 10.1 Å². The van der Waals surface area contributed by atoms with E-state index in [9.17, 15) is 19.7 Å². The molecule has 0 fully saturated rings. The van der Waals surface area contributed by atoms with Crippen molar-refractivity contribution < 1.29 is 24.0 Å². The molecule has 12 heteroatoms. The molecule has 6 rings (SSSR count). The lowest BCUT2D eigenvalue weighted by molar-refractivity contribution is -0.384. The molecule has 1 N–H and O–H groups in total. The molecule has 1 aliphatic heterocycles. The maximum atomic E-state index is 13.7. The fourth-order valence-electron chi connectivity index (χ4n) is 6.11. The molecule has 5 aromatic rings. The predicted molar refractivity (Wildman–Crippen MR) is 200 cm³/mol. The number of benzene rings is 3. The van der Waals surface area contributed by atoms with Crippen LogP contribution in [0.4, 0.5) is 5.69 Å². The van der Waals surface area contributed by atoms with Gasteiger partial charge in [0.1, 0.15) is 13.2 Å². The maximum Gasteiger partial charge on any atom is 0.337 e. The van der Waals surface area contributed by atoms with E-state index < -0.39 is 22.8 Å². The van der Waals surface area contributed by atoms with Crippen LogP contribution in [-0.4, -0.2) is 49.2 Å². The topological polar surface area (TPSA) is 143 Å². The van der Waals surface area contributed by atoms with Crippen LogP contribution in [0.5, 0.6) is 0 Å². The molecular formula is C41H38N6O6. The zero-order chi connectivity index (χ0) is 37.2. The summed E-state index contributed by atoms with van der Waals surface area (Å²) in [7, 11) is 0. The highest BCUT2D eigenvalue weighted by Gasteiger charge is 2.38. The van der Waals surface area contributed by atoms with Crippen molar-refractivity contribution in [2.75, 3.05) is 13.2 Å². The molecule has 0 saturated carbocycles. The number of ether oxygens (including phenoxy) is 2. The number of imidazole rings is 2. The van der Waals surface area contributed by atoms with Crippen LogP contribution in [-0.2, 0) is 32.2 Å². The summed E-state index contributed by atoms with van der Waals surface area (Å²) in [6.45, 7) is 4.75. The zero-order valence-electron chi connectivity index (χ0n) is 29.3. The Kier molecular flexibility index (Phi) is 11.5. The first-order valence-electron chi connectivity index (χ1n) is 16.9. The first-order valence-corrected chi connectivity index (χ1v) is 16.9. The van der Waals surface area contributed by atoms with Gasteiger partial charge < -0.3 is 23.9 Å². The van der Waals surface area contributed by atoms with Gasteiger partial charge in [-0.1, -0.05) is 72.8 Å². The minimum Gasteiger partial charge on any atom is -0.458 e. The van der Waals surface area contributed by atoms with E-state index in [0.29, 0.717) is 30.0 Å². The van der Waals surface area contributed by atoms with Crippen LogP contribution in [0.15, 0.2) is 145 Å². The normalized spacial score (nSPS) is 14.5. The molecule has 0 radical (unpaired) electrons. The third-order valence-electron chi connectivity index (χ3n) is 8.66. The van der Waals surface area contributed by atoms with Crippen molar-refractivity contribution in [2.45, 2.75) is 32.9 Å². The molecule has 53 heavy (non-hydrogen) atoms. The van der Waals surface area contributed by atoms with E-state index in [-0.39, 0.29) is 30.0 Å². The van der Waals surface area contributed by atoms with Crippen molar-refractivity contribution in [1.29, 1.82) is 0 Å². The second-order valence-corrected chi connectivity index (χ2v) is 12.4. The average molecular weight is 711 g/mol. The Morgan fingerprint density at radius 1 is 0.774 bits per heavy atom. The molecule has 0 atom stereocenters. The quantitative estimate of drug-likeness (QED) is 0.0745. The molecule has 0 unspecified atom stereocenters. The average Bonchev–Trinajstić information content (AvgIpc) is 3.88. The van der Waals surface area contributed by atoms with Gasteiger partial charge in [-0.2, -0.15) is 0 Å². The minimum atomic E-state index is -0.977. The summed E-state index contributed by atoms with van der Waals surface area (Å²) in [6.07, 6.45) is 18.0. The van der Waals surface area contributed by atoms with Crippen LogP contribution >= 0.6 is 0 Å². The number of carbonyl (C=O) groups is 2. The summed E-state index contributed by atoms with van der Waals surface area (Å²) in [5.74, 6) is -2.31. The number of nitro benzene ring substituents is 1. The SMILES string of the molecule is CC1=C(C(=O)OCC=Cc2ccc(Cn3ccnc3)cc2)C(c2cccc([N+](=O)[O-])c2)C(C(=O)OCC=Cc2ccc(Cn3ccnc3)cc2)=C(C)N1. The first kappa shape index (κ1) is 36.0. The minimum absolute atomic E-state index is 0.0358. The first-order chi connectivity index (χ1) is 25.7. The van der Waals surface area contributed by atoms with E-state index in [1.165, 1.54) is 18.2 Å². The maximum absolute atomic E-state index is 13.7. The lowest BCUT2D eigenvalue weighted by Crippen LogP contribution is -2.32. The third kappa shape index (κ3) is 9.30. The van der Waals surface area contributed by atoms with Crippen LogP contribution < -0.4 is 5.32 Å². The third-order valence-corrected chi connectivity index (χ3v) is 8.66. The summed E-state index contributed by atoms with van der Waals surface area (Å²) in [5.41, 5.74) is 5.56. The van der Waals surface area contributed by atoms with Crippen LogP contribution in [0.2, 0.25) is 0 Å².